The van der Waals surface area contributed by atoms with E-state index in [0.717, 1.165) is 28.2 Å². The van der Waals surface area contributed by atoms with Gasteiger partial charge in [-0.2, -0.15) is 0 Å². The molecule has 0 fully saturated rings. The zero-order valence-corrected chi connectivity index (χ0v) is 11.5. The largest absolute Gasteiger partial charge is 0.497 e. The van der Waals surface area contributed by atoms with Gasteiger partial charge in [0.05, 0.1) is 17.6 Å². The van der Waals surface area contributed by atoms with Crippen LogP contribution in [-0.2, 0) is 0 Å². The number of aromatic nitrogens is 2. The Kier molecular flexibility index (Phi) is 2.91. The SMILES string of the molecule is COc1ccc2c(c1)cc(C)n2-c1ncccc1Cl. The van der Waals surface area contributed by atoms with Crippen LogP contribution in [0.1, 0.15) is 5.69 Å². The molecule has 2 heterocycles. The highest BCUT2D eigenvalue weighted by Crippen LogP contribution is 2.29. The normalized spacial score (nSPS) is 10.9. The third-order valence-electron chi connectivity index (χ3n) is 3.14. The number of halogens is 1. The van der Waals surface area contributed by atoms with Crippen LogP contribution in [0.3, 0.4) is 0 Å². The first kappa shape index (κ1) is 12.1. The molecule has 0 aliphatic heterocycles. The van der Waals surface area contributed by atoms with Crippen LogP contribution in [0.25, 0.3) is 16.7 Å². The van der Waals surface area contributed by atoms with Crippen molar-refractivity contribution >= 4 is 22.5 Å². The van der Waals surface area contributed by atoms with Gasteiger partial charge in [0.2, 0.25) is 0 Å². The predicted octanol–water partition coefficient (Wildman–Crippen LogP) is 4.00. The second-order valence-electron chi connectivity index (χ2n) is 4.35. The average Bonchev–Trinajstić information content (AvgIpc) is 2.74. The number of nitrogens with zero attached hydrogens (tertiary/aromatic N) is 2. The Morgan fingerprint density at radius 2 is 2.05 bits per heavy atom. The lowest BCUT2D eigenvalue weighted by atomic mass is 10.2. The van der Waals surface area contributed by atoms with Crippen molar-refractivity contribution in [3.8, 4) is 11.6 Å². The summed E-state index contributed by atoms with van der Waals surface area (Å²) in [4.78, 5) is 4.37. The minimum atomic E-state index is 0.638. The van der Waals surface area contributed by atoms with Crippen molar-refractivity contribution in [2.75, 3.05) is 7.11 Å². The van der Waals surface area contributed by atoms with E-state index in [0.29, 0.717) is 5.02 Å². The van der Waals surface area contributed by atoms with Crippen LogP contribution in [0.4, 0.5) is 0 Å². The van der Waals surface area contributed by atoms with Crippen LogP contribution in [-0.4, -0.2) is 16.7 Å². The maximum absolute atomic E-state index is 6.24. The van der Waals surface area contributed by atoms with Crippen molar-refractivity contribution in [1.82, 2.24) is 9.55 Å². The summed E-state index contributed by atoms with van der Waals surface area (Å²) >= 11 is 6.24. The Bertz CT molecular complexity index is 749. The van der Waals surface area contributed by atoms with Crippen molar-refractivity contribution in [2.45, 2.75) is 6.92 Å². The van der Waals surface area contributed by atoms with Crippen LogP contribution in [0, 0.1) is 6.92 Å². The van der Waals surface area contributed by atoms with E-state index >= 15 is 0 Å². The molecule has 0 radical (unpaired) electrons. The zero-order valence-electron chi connectivity index (χ0n) is 10.7. The van der Waals surface area contributed by atoms with Crippen molar-refractivity contribution < 1.29 is 4.74 Å². The average molecular weight is 273 g/mol. The van der Waals surface area contributed by atoms with Gasteiger partial charge in [-0.05, 0) is 43.3 Å². The summed E-state index contributed by atoms with van der Waals surface area (Å²) in [7, 11) is 1.67. The summed E-state index contributed by atoms with van der Waals surface area (Å²) in [6.45, 7) is 2.04. The number of aryl methyl sites for hydroxylation is 1. The highest BCUT2D eigenvalue weighted by Gasteiger charge is 2.11. The molecular formula is C15H13ClN2O. The molecule has 3 nitrogen and oxygen atoms in total. The molecule has 0 atom stereocenters. The zero-order chi connectivity index (χ0) is 13.4. The second-order valence-corrected chi connectivity index (χ2v) is 4.76. The van der Waals surface area contributed by atoms with Crippen LogP contribution in [0.2, 0.25) is 5.02 Å². The Balaban J connectivity index is 2.30. The van der Waals surface area contributed by atoms with Gasteiger partial charge in [0.1, 0.15) is 5.75 Å². The summed E-state index contributed by atoms with van der Waals surface area (Å²) < 4.78 is 7.30. The molecule has 3 aromatic rings. The number of ether oxygens (including phenoxy) is 1. The highest BCUT2D eigenvalue weighted by atomic mass is 35.5. The number of fused-ring (bicyclic) bond motifs is 1. The maximum atomic E-state index is 6.24. The molecule has 0 saturated heterocycles. The van der Waals surface area contributed by atoms with E-state index in [-0.39, 0.29) is 0 Å². The quantitative estimate of drug-likeness (QED) is 0.705. The van der Waals surface area contributed by atoms with Crippen LogP contribution in [0.5, 0.6) is 5.75 Å². The lowest BCUT2D eigenvalue weighted by Crippen LogP contribution is -1.99. The summed E-state index contributed by atoms with van der Waals surface area (Å²) in [6, 6.07) is 11.7. The molecule has 96 valence electrons. The molecule has 3 rings (SSSR count). The van der Waals surface area contributed by atoms with E-state index in [2.05, 4.69) is 15.6 Å². The molecule has 0 unspecified atom stereocenters. The Hall–Kier alpha value is -2.00. The van der Waals surface area contributed by atoms with Crippen LogP contribution < -0.4 is 4.74 Å². The third-order valence-corrected chi connectivity index (χ3v) is 3.44. The minimum absolute atomic E-state index is 0.638. The Morgan fingerprint density at radius 1 is 1.21 bits per heavy atom. The van der Waals surface area contributed by atoms with E-state index < -0.39 is 0 Å². The monoisotopic (exact) mass is 272 g/mol. The lowest BCUT2D eigenvalue weighted by Gasteiger charge is -2.09. The molecule has 0 spiro atoms. The first-order chi connectivity index (χ1) is 9.20. The third kappa shape index (κ3) is 1.96. The van der Waals surface area contributed by atoms with Crippen molar-refractivity contribution in [2.24, 2.45) is 0 Å². The first-order valence-electron chi connectivity index (χ1n) is 5.97. The topological polar surface area (TPSA) is 27.1 Å². The van der Waals surface area contributed by atoms with Crippen molar-refractivity contribution in [3.63, 3.8) is 0 Å². The fraction of sp³-hybridized carbons (Fsp3) is 0.133. The number of hydrogen-bond acceptors (Lipinski definition) is 2. The first-order valence-corrected chi connectivity index (χ1v) is 6.35. The van der Waals surface area contributed by atoms with Crippen LogP contribution >= 0.6 is 11.6 Å². The summed E-state index contributed by atoms with van der Waals surface area (Å²) in [5.74, 6) is 1.60. The van der Waals surface area contributed by atoms with Crippen molar-refractivity contribution in [1.29, 1.82) is 0 Å². The van der Waals surface area contributed by atoms with Gasteiger partial charge in [-0.1, -0.05) is 11.6 Å². The Morgan fingerprint density at radius 3 is 2.79 bits per heavy atom. The summed E-state index contributed by atoms with van der Waals surface area (Å²) in [5.41, 5.74) is 2.16. The van der Waals surface area contributed by atoms with E-state index in [9.17, 15) is 0 Å². The number of methoxy groups -OCH3 is 1. The molecule has 0 amide bonds. The van der Waals surface area contributed by atoms with E-state index in [1.165, 1.54) is 0 Å². The molecule has 1 aromatic carbocycles. The molecule has 0 N–H and O–H groups in total. The van der Waals surface area contributed by atoms with Gasteiger partial charge in [0.15, 0.2) is 5.82 Å². The van der Waals surface area contributed by atoms with Gasteiger partial charge < -0.3 is 4.74 Å². The molecule has 0 aliphatic carbocycles. The number of pyridine rings is 1. The van der Waals surface area contributed by atoms with E-state index in [1.807, 2.05) is 37.3 Å². The molecule has 0 bridgehead atoms. The standard InChI is InChI=1S/C15H13ClN2O/c1-10-8-11-9-12(19-2)5-6-14(11)18(10)15-13(16)4-3-7-17-15/h3-9H,1-2H3. The van der Waals surface area contributed by atoms with Gasteiger partial charge >= 0.3 is 0 Å². The lowest BCUT2D eigenvalue weighted by molar-refractivity contribution is 0.415. The molecular weight excluding hydrogens is 260 g/mol. The van der Waals surface area contributed by atoms with E-state index in [1.54, 1.807) is 13.3 Å². The number of rotatable bonds is 2. The molecule has 19 heavy (non-hydrogen) atoms. The minimum Gasteiger partial charge on any atom is -0.497 e. The second kappa shape index (κ2) is 4.59. The fourth-order valence-electron chi connectivity index (χ4n) is 2.28. The van der Waals surface area contributed by atoms with Gasteiger partial charge in [0.25, 0.3) is 0 Å². The maximum Gasteiger partial charge on any atom is 0.156 e. The van der Waals surface area contributed by atoms with Gasteiger partial charge in [0, 0.05) is 17.3 Å². The predicted molar refractivity (Wildman–Crippen MR) is 77.4 cm³/mol. The van der Waals surface area contributed by atoms with Gasteiger partial charge in [-0.3, -0.25) is 4.57 Å². The molecule has 0 saturated carbocycles. The van der Waals surface area contributed by atoms with Crippen molar-refractivity contribution in [3.05, 3.63) is 53.3 Å². The summed E-state index contributed by atoms with van der Waals surface area (Å²) in [6.07, 6.45) is 1.75. The molecule has 0 aliphatic rings. The smallest absolute Gasteiger partial charge is 0.156 e. The highest BCUT2D eigenvalue weighted by molar-refractivity contribution is 6.32. The summed E-state index contributed by atoms with van der Waals surface area (Å²) in [5, 5.41) is 1.75. The fourth-order valence-corrected chi connectivity index (χ4v) is 2.49. The Labute approximate surface area is 116 Å². The number of hydrogen-bond donors (Lipinski definition) is 0. The van der Waals surface area contributed by atoms with Gasteiger partial charge in [-0.15, -0.1) is 0 Å². The molecule has 2 aromatic heterocycles. The van der Waals surface area contributed by atoms with Gasteiger partial charge in [-0.25, -0.2) is 4.98 Å². The molecule has 4 heteroatoms. The van der Waals surface area contributed by atoms with E-state index in [4.69, 9.17) is 16.3 Å². The number of benzene rings is 1. The van der Waals surface area contributed by atoms with Crippen LogP contribution in [0.15, 0.2) is 42.6 Å².